The summed E-state index contributed by atoms with van der Waals surface area (Å²) >= 11 is 0. The van der Waals surface area contributed by atoms with Crippen LogP contribution in [0.15, 0.2) is 24.3 Å². The molecular weight excluding hydrogens is 272 g/mol. The molecule has 1 heterocycles. The second-order valence-electron chi connectivity index (χ2n) is 4.39. The highest BCUT2D eigenvalue weighted by Crippen LogP contribution is 2.22. The molecule has 2 rings (SSSR count). The number of carbonyl (C=O) groups is 1. The molecule has 1 saturated heterocycles. The van der Waals surface area contributed by atoms with E-state index in [0.29, 0.717) is 13.0 Å². The molecule has 0 radical (unpaired) electrons. The number of hydrogen-bond acceptors (Lipinski definition) is 4. The molecule has 0 aliphatic carbocycles. The second kappa shape index (κ2) is 6.49. The fraction of sp³-hybridized carbons (Fsp3) is 0.417. The Labute approximate surface area is 116 Å². The van der Waals surface area contributed by atoms with Crippen molar-refractivity contribution >= 4 is 24.1 Å². The van der Waals surface area contributed by atoms with Crippen LogP contribution in [-0.4, -0.2) is 33.5 Å². The molecule has 19 heavy (non-hydrogen) atoms. The summed E-state index contributed by atoms with van der Waals surface area (Å²) in [5.74, 6) is -0.821. The lowest BCUT2D eigenvalue weighted by molar-refractivity contribution is -0.384. The van der Waals surface area contributed by atoms with Gasteiger partial charge in [0.05, 0.1) is 4.92 Å². The number of carboxylic acid groups (broad SMARTS) is 1. The first-order chi connectivity index (χ1) is 8.58. The van der Waals surface area contributed by atoms with Crippen LogP contribution in [0.25, 0.3) is 0 Å². The molecule has 0 unspecified atom stereocenters. The van der Waals surface area contributed by atoms with Gasteiger partial charge in [-0.25, -0.2) is 0 Å². The number of nitro benzene ring substituents is 1. The first-order valence-corrected chi connectivity index (χ1v) is 5.78. The monoisotopic (exact) mass is 286 g/mol. The van der Waals surface area contributed by atoms with Crippen LogP contribution in [0.2, 0.25) is 0 Å². The van der Waals surface area contributed by atoms with Gasteiger partial charge in [-0.05, 0) is 24.9 Å². The van der Waals surface area contributed by atoms with E-state index in [1.165, 1.54) is 12.1 Å². The number of nitro groups is 1. The molecule has 104 valence electrons. The Bertz CT molecular complexity index is 481. The normalized spacial score (nSPS) is 18.8. The van der Waals surface area contributed by atoms with Crippen molar-refractivity contribution in [2.75, 3.05) is 6.54 Å². The predicted molar refractivity (Wildman–Crippen MR) is 71.4 cm³/mol. The maximum absolute atomic E-state index is 11.0. The van der Waals surface area contributed by atoms with Gasteiger partial charge in [-0.15, -0.1) is 12.4 Å². The van der Waals surface area contributed by atoms with Crippen LogP contribution in [0, 0.1) is 10.1 Å². The van der Waals surface area contributed by atoms with Crippen molar-refractivity contribution in [2.45, 2.75) is 25.4 Å². The van der Waals surface area contributed by atoms with Crippen molar-refractivity contribution < 1.29 is 14.8 Å². The number of benzene rings is 1. The highest BCUT2D eigenvalue weighted by atomic mass is 35.5. The second-order valence-corrected chi connectivity index (χ2v) is 4.39. The summed E-state index contributed by atoms with van der Waals surface area (Å²) in [5, 5.41) is 19.7. The molecule has 0 amide bonds. The minimum Gasteiger partial charge on any atom is -0.480 e. The quantitative estimate of drug-likeness (QED) is 0.676. The molecule has 0 aromatic heterocycles. The van der Waals surface area contributed by atoms with E-state index >= 15 is 0 Å². The third-order valence-electron chi connectivity index (χ3n) is 3.16. The molecule has 7 heteroatoms. The number of non-ortho nitro benzene ring substituents is 1. The first kappa shape index (κ1) is 15.4. The zero-order valence-corrected chi connectivity index (χ0v) is 11.0. The van der Waals surface area contributed by atoms with Gasteiger partial charge in [0.25, 0.3) is 5.69 Å². The van der Waals surface area contributed by atoms with Gasteiger partial charge in [0.2, 0.25) is 0 Å². The van der Waals surface area contributed by atoms with Crippen molar-refractivity contribution in [1.29, 1.82) is 0 Å². The van der Waals surface area contributed by atoms with Crippen LogP contribution < -0.4 is 0 Å². The number of nitrogens with zero attached hydrogens (tertiary/aromatic N) is 2. The van der Waals surface area contributed by atoms with E-state index in [9.17, 15) is 14.9 Å². The van der Waals surface area contributed by atoms with Gasteiger partial charge in [-0.2, -0.15) is 0 Å². The van der Waals surface area contributed by atoms with E-state index in [0.717, 1.165) is 18.5 Å². The van der Waals surface area contributed by atoms with Gasteiger partial charge < -0.3 is 5.11 Å². The number of rotatable bonds is 4. The zero-order chi connectivity index (χ0) is 13.1. The van der Waals surface area contributed by atoms with Gasteiger partial charge in [0.1, 0.15) is 6.04 Å². The smallest absolute Gasteiger partial charge is 0.320 e. The molecule has 1 N–H and O–H groups in total. The summed E-state index contributed by atoms with van der Waals surface area (Å²) < 4.78 is 0. The third kappa shape index (κ3) is 3.65. The highest BCUT2D eigenvalue weighted by molar-refractivity contribution is 5.85. The molecular formula is C12H15ClN2O4. The molecule has 0 spiro atoms. The van der Waals surface area contributed by atoms with E-state index in [2.05, 4.69) is 0 Å². The van der Waals surface area contributed by atoms with Crippen LogP contribution in [0.5, 0.6) is 0 Å². The summed E-state index contributed by atoms with van der Waals surface area (Å²) in [6.45, 7) is 1.16. The average molecular weight is 287 g/mol. The maximum Gasteiger partial charge on any atom is 0.320 e. The summed E-state index contributed by atoms with van der Waals surface area (Å²) in [5.41, 5.74) is 0.816. The summed E-state index contributed by atoms with van der Waals surface area (Å²) in [6, 6.07) is 5.87. The molecule has 1 aromatic carbocycles. The Hall–Kier alpha value is -1.66. The van der Waals surface area contributed by atoms with E-state index in [1.807, 2.05) is 4.90 Å². The van der Waals surface area contributed by atoms with Gasteiger partial charge in [0, 0.05) is 18.7 Å². The van der Waals surface area contributed by atoms with Crippen LogP contribution in [0.4, 0.5) is 5.69 Å². The van der Waals surface area contributed by atoms with Crippen molar-refractivity contribution in [1.82, 2.24) is 4.90 Å². The van der Waals surface area contributed by atoms with Crippen LogP contribution >= 0.6 is 12.4 Å². The lowest BCUT2D eigenvalue weighted by Crippen LogP contribution is -2.35. The molecule has 1 aliphatic heterocycles. The zero-order valence-electron chi connectivity index (χ0n) is 10.2. The van der Waals surface area contributed by atoms with Crippen molar-refractivity contribution in [2.24, 2.45) is 0 Å². The minimum atomic E-state index is -0.821. The minimum absolute atomic E-state index is 0. The maximum atomic E-state index is 11.0. The first-order valence-electron chi connectivity index (χ1n) is 5.78. The van der Waals surface area contributed by atoms with Crippen LogP contribution in [-0.2, 0) is 11.3 Å². The Balaban J connectivity index is 0.00000180. The number of hydrogen-bond donors (Lipinski definition) is 1. The Morgan fingerprint density at radius 2 is 2.26 bits per heavy atom. The third-order valence-corrected chi connectivity index (χ3v) is 3.16. The van der Waals surface area contributed by atoms with Gasteiger partial charge in [0.15, 0.2) is 0 Å². The Kier molecular flexibility index (Phi) is 5.26. The lowest BCUT2D eigenvalue weighted by Gasteiger charge is -2.20. The summed E-state index contributed by atoms with van der Waals surface area (Å²) in [4.78, 5) is 23.1. The fourth-order valence-corrected chi connectivity index (χ4v) is 2.30. The number of halogens is 1. The molecule has 1 atom stereocenters. The standard InChI is InChI=1S/C12H14N2O4.ClH/c15-12(16)11-5-2-6-13(11)8-9-3-1-4-10(7-9)14(17)18;/h1,3-4,7,11H,2,5-6,8H2,(H,15,16);1H/t11-;/m1./s1. The summed E-state index contributed by atoms with van der Waals surface area (Å²) in [6.07, 6.45) is 1.50. The Morgan fingerprint density at radius 3 is 2.89 bits per heavy atom. The van der Waals surface area contributed by atoms with Crippen molar-refractivity contribution in [3.05, 3.63) is 39.9 Å². The Morgan fingerprint density at radius 1 is 1.53 bits per heavy atom. The summed E-state index contributed by atoms with van der Waals surface area (Å²) in [7, 11) is 0. The van der Waals surface area contributed by atoms with Gasteiger partial charge in [-0.3, -0.25) is 19.8 Å². The number of aliphatic carboxylic acids is 1. The molecule has 1 fully saturated rings. The topological polar surface area (TPSA) is 83.7 Å². The van der Waals surface area contributed by atoms with Gasteiger partial charge >= 0.3 is 5.97 Å². The van der Waals surface area contributed by atoms with E-state index in [4.69, 9.17) is 5.11 Å². The van der Waals surface area contributed by atoms with Crippen molar-refractivity contribution in [3.8, 4) is 0 Å². The van der Waals surface area contributed by atoms with Crippen LogP contribution in [0.1, 0.15) is 18.4 Å². The van der Waals surface area contributed by atoms with Gasteiger partial charge in [-0.1, -0.05) is 12.1 Å². The number of carboxylic acids is 1. The van der Waals surface area contributed by atoms with E-state index < -0.39 is 16.9 Å². The average Bonchev–Trinajstić information content (AvgIpc) is 2.77. The molecule has 1 aliphatic rings. The molecule has 0 bridgehead atoms. The molecule has 0 saturated carbocycles. The van der Waals surface area contributed by atoms with Crippen molar-refractivity contribution in [3.63, 3.8) is 0 Å². The largest absolute Gasteiger partial charge is 0.480 e. The van der Waals surface area contributed by atoms with E-state index in [1.54, 1.807) is 12.1 Å². The fourth-order valence-electron chi connectivity index (χ4n) is 2.30. The lowest BCUT2D eigenvalue weighted by atomic mass is 10.1. The molecule has 1 aromatic rings. The highest BCUT2D eigenvalue weighted by Gasteiger charge is 2.30. The van der Waals surface area contributed by atoms with Crippen LogP contribution in [0.3, 0.4) is 0 Å². The predicted octanol–water partition coefficient (Wildman–Crippen LogP) is 2.07. The number of likely N-dealkylation sites (tertiary alicyclic amines) is 1. The molecule has 6 nitrogen and oxygen atoms in total. The SMILES string of the molecule is Cl.O=C(O)[C@H]1CCCN1Cc1cccc([N+](=O)[O-])c1. The van der Waals surface area contributed by atoms with E-state index in [-0.39, 0.29) is 18.1 Å².